The average molecular weight is 236 g/mol. The molecule has 0 aliphatic rings. The number of carbonyl (C=O) groups is 1. The molecule has 0 bridgehead atoms. The first-order valence-corrected chi connectivity index (χ1v) is 3.51. The van der Waals surface area contributed by atoms with Crippen molar-refractivity contribution in [3.8, 4) is 0 Å². The molecule has 82 valence electrons. The number of hydrazine groups is 1. The number of carbonyl (C=O) groups excluding carboxylic acids is 1. The second-order valence-electron chi connectivity index (χ2n) is 2.39. The fourth-order valence-corrected chi connectivity index (χ4v) is 0.879. The van der Waals surface area contributed by atoms with Crippen LogP contribution in [0.5, 0.6) is 0 Å². The van der Waals surface area contributed by atoms with Crippen molar-refractivity contribution in [1.29, 1.82) is 0 Å². The van der Waals surface area contributed by atoms with E-state index in [2.05, 4.69) is 0 Å². The highest BCUT2D eigenvalue weighted by atomic mass is 35.5. The Balaban J connectivity index is 0.00000196. The number of nitrogens with zero attached hydrogens (tertiary/aromatic N) is 1. The van der Waals surface area contributed by atoms with Gasteiger partial charge in [0.1, 0.15) is 5.82 Å². The summed E-state index contributed by atoms with van der Waals surface area (Å²) in [7, 11) is 0. The normalized spacial score (nSPS) is 8.93. The molecule has 15 heavy (non-hydrogen) atoms. The smallest absolute Gasteiger partial charge is 0.270 e. The number of nitrogen functional groups attached to an aromatic ring is 1. The predicted octanol–water partition coefficient (Wildman–Crippen LogP) is 0.759. The van der Waals surface area contributed by atoms with Crippen LogP contribution in [0.1, 0.15) is 10.4 Å². The lowest BCUT2D eigenvalue weighted by atomic mass is 10.2. The van der Waals surface area contributed by atoms with Crippen molar-refractivity contribution in [2.75, 3.05) is 0 Å². The van der Waals surface area contributed by atoms with Crippen molar-refractivity contribution in [2.45, 2.75) is 0 Å². The molecule has 1 amide bonds. The summed E-state index contributed by atoms with van der Waals surface area (Å²) >= 11 is 0. The Morgan fingerprint density at radius 1 is 1.53 bits per heavy atom. The third-order valence-electron chi connectivity index (χ3n) is 1.54. The van der Waals surface area contributed by atoms with Crippen molar-refractivity contribution in [3.05, 3.63) is 39.7 Å². The molecule has 0 aromatic heterocycles. The number of nitrogens with two attached hydrogens (primary N) is 1. The van der Waals surface area contributed by atoms with Crippen LogP contribution in [0.2, 0.25) is 0 Å². The van der Waals surface area contributed by atoms with Gasteiger partial charge in [-0.05, 0) is 6.07 Å². The van der Waals surface area contributed by atoms with Crippen LogP contribution < -0.4 is 11.3 Å². The lowest BCUT2D eigenvalue weighted by molar-refractivity contribution is -0.384. The lowest BCUT2D eigenvalue weighted by Gasteiger charge is -2.00. The Labute approximate surface area is 89.8 Å². The number of nitro benzene ring substituents is 1. The van der Waals surface area contributed by atoms with Crippen molar-refractivity contribution in [2.24, 2.45) is 5.84 Å². The van der Waals surface area contributed by atoms with Crippen LogP contribution in [0.15, 0.2) is 18.2 Å². The zero-order chi connectivity index (χ0) is 10.7. The van der Waals surface area contributed by atoms with Gasteiger partial charge >= 0.3 is 0 Å². The molecule has 0 saturated carbocycles. The SMILES string of the molecule is Cl.NNC(=O)c1cc([N+](=O)[O-])ccc1F. The van der Waals surface area contributed by atoms with Gasteiger partial charge in [-0.1, -0.05) is 0 Å². The van der Waals surface area contributed by atoms with Crippen LogP contribution in [0.4, 0.5) is 10.1 Å². The van der Waals surface area contributed by atoms with Crippen LogP contribution in [0.25, 0.3) is 0 Å². The number of nitro groups is 1. The third-order valence-corrected chi connectivity index (χ3v) is 1.54. The zero-order valence-corrected chi connectivity index (χ0v) is 8.08. The van der Waals surface area contributed by atoms with E-state index >= 15 is 0 Å². The van der Waals surface area contributed by atoms with Crippen LogP contribution >= 0.6 is 12.4 Å². The van der Waals surface area contributed by atoms with Crippen molar-refractivity contribution >= 4 is 24.0 Å². The van der Waals surface area contributed by atoms with Crippen LogP contribution in [-0.2, 0) is 0 Å². The first-order valence-electron chi connectivity index (χ1n) is 3.51. The second kappa shape index (κ2) is 5.23. The predicted molar refractivity (Wildman–Crippen MR) is 52.0 cm³/mol. The number of nitrogens with one attached hydrogen (secondary N) is 1. The molecule has 0 unspecified atom stereocenters. The minimum Gasteiger partial charge on any atom is -0.290 e. The van der Waals surface area contributed by atoms with E-state index in [4.69, 9.17) is 5.84 Å². The van der Waals surface area contributed by atoms with E-state index in [0.717, 1.165) is 18.2 Å². The number of benzene rings is 1. The Morgan fingerprint density at radius 2 is 2.13 bits per heavy atom. The molecule has 1 aromatic carbocycles. The molecular formula is C7H7ClFN3O3. The van der Waals surface area contributed by atoms with Gasteiger partial charge in [-0.3, -0.25) is 20.3 Å². The number of hydrogen-bond acceptors (Lipinski definition) is 4. The monoisotopic (exact) mass is 235 g/mol. The molecule has 0 heterocycles. The molecule has 1 rings (SSSR count). The molecule has 0 radical (unpaired) electrons. The average Bonchev–Trinajstić information content (AvgIpc) is 2.17. The van der Waals surface area contributed by atoms with Crippen molar-refractivity contribution in [3.63, 3.8) is 0 Å². The summed E-state index contributed by atoms with van der Waals surface area (Å²) < 4.78 is 12.9. The molecule has 0 aliphatic heterocycles. The van der Waals surface area contributed by atoms with E-state index in [1.807, 2.05) is 0 Å². The molecular weight excluding hydrogens is 229 g/mol. The maximum absolute atomic E-state index is 12.9. The molecule has 0 atom stereocenters. The van der Waals surface area contributed by atoms with E-state index in [-0.39, 0.29) is 18.1 Å². The second-order valence-corrected chi connectivity index (χ2v) is 2.39. The van der Waals surface area contributed by atoms with Gasteiger partial charge in [0.25, 0.3) is 11.6 Å². The topological polar surface area (TPSA) is 98.3 Å². The first kappa shape index (κ1) is 13.3. The maximum Gasteiger partial charge on any atom is 0.270 e. The third kappa shape index (κ3) is 2.86. The number of hydrogen-bond donors (Lipinski definition) is 2. The number of halogens is 2. The van der Waals surface area contributed by atoms with E-state index < -0.39 is 22.2 Å². The van der Waals surface area contributed by atoms with Gasteiger partial charge < -0.3 is 0 Å². The Morgan fingerprint density at radius 3 is 2.60 bits per heavy atom. The van der Waals surface area contributed by atoms with Crippen LogP contribution in [-0.4, -0.2) is 10.8 Å². The summed E-state index contributed by atoms with van der Waals surface area (Å²) in [5, 5.41) is 10.3. The number of amides is 1. The molecule has 8 heteroatoms. The number of non-ortho nitro benzene ring substituents is 1. The minimum atomic E-state index is -0.911. The molecule has 0 aliphatic carbocycles. The fourth-order valence-electron chi connectivity index (χ4n) is 0.879. The summed E-state index contributed by atoms with van der Waals surface area (Å²) in [4.78, 5) is 20.5. The Bertz CT molecular complexity index is 399. The molecule has 6 nitrogen and oxygen atoms in total. The minimum absolute atomic E-state index is 0. The molecule has 3 N–H and O–H groups in total. The van der Waals surface area contributed by atoms with Gasteiger partial charge in [-0.25, -0.2) is 10.2 Å². The summed E-state index contributed by atoms with van der Waals surface area (Å²) in [5.74, 6) is 2.99. The van der Waals surface area contributed by atoms with Crippen molar-refractivity contribution < 1.29 is 14.1 Å². The number of rotatable bonds is 2. The van der Waals surface area contributed by atoms with E-state index in [0.29, 0.717) is 0 Å². The summed E-state index contributed by atoms with van der Waals surface area (Å²) in [6.07, 6.45) is 0. The Hall–Kier alpha value is -1.73. The quantitative estimate of drug-likeness (QED) is 0.342. The van der Waals surface area contributed by atoms with Gasteiger partial charge in [-0.15, -0.1) is 12.4 Å². The van der Waals surface area contributed by atoms with E-state index in [1.54, 1.807) is 5.43 Å². The molecule has 0 saturated heterocycles. The van der Waals surface area contributed by atoms with E-state index in [9.17, 15) is 19.3 Å². The molecule has 1 aromatic rings. The summed E-state index contributed by atoms with van der Waals surface area (Å²) in [6.45, 7) is 0. The lowest BCUT2D eigenvalue weighted by Crippen LogP contribution is -2.30. The van der Waals surface area contributed by atoms with Crippen LogP contribution in [0.3, 0.4) is 0 Å². The van der Waals surface area contributed by atoms with E-state index in [1.165, 1.54) is 0 Å². The zero-order valence-electron chi connectivity index (χ0n) is 7.27. The highest BCUT2D eigenvalue weighted by molar-refractivity contribution is 5.94. The maximum atomic E-state index is 12.9. The van der Waals surface area contributed by atoms with Gasteiger partial charge in [0, 0.05) is 12.1 Å². The highest BCUT2D eigenvalue weighted by Crippen LogP contribution is 2.16. The van der Waals surface area contributed by atoms with Gasteiger partial charge in [0.2, 0.25) is 0 Å². The van der Waals surface area contributed by atoms with Gasteiger partial charge in [0.15, 0.2) is 0 Å². The fraction of sp³-hybridized carbons (Fsp3) is 0. The van der Waals surface area contributed by atoms with Gasteiger partial charge in [-0.2, -0.15) is 0 Å². The molecule has 0 spiro atoms. The van der Waals surface area contributed by atoms with Crippen molar-refractivity contribution in [1.82, 2.24) is 5.43 Å². The van der Waals surface area contributed by atoms with Crippen LogP contribution in [0, 0.1) is 15.9 Å². The Kier molecular flexibility index (Phi) is 4.62. The standard InChI is InChI=1S/C7H6FN3O3.ClH/c8-6-2-1-4(11(13)14)3-5(6)7(12)10-9;/h1-3H,9H2,(H,10,12);1H. The summed E-state index contributed by atoms with van der Waals surface area (Å²) in [6, 6.07) is 2.61. The highest BCUT2D eigenvalue weighted by Gasteiger charge is 2.15. The largest absolute Gasteiger partial charge is 0.290 e. The summed E-state index contributed by atoms with van der Waals surface area (Å²) in [5.41, 5.74) is 0.860. The van der Waals surface area contributed by atoms with Gasteiger partial charge in [0.05, 0.1) is 10.5 Å². The first-order chi connectivity index (χ1) is 6.56. The molecule has 0 fully saturated rings.